The van der Waals surface area contributed by atoms with Crippen molar-refractivity contribution in [3.8, 4) is 0 Å². The van der Waals surface area contributed by atoms with Gasteiger partial charge in [0, 0.05) is 22.2 Å². The minimum atomic E-state index is 0.146. The predicted octanol–water partition coefficient (Wildman–Crippen LogP) is 4.85. The molecule has 2 nitrogen and oxygen atoms in total. The molecule has 112 valence electrons. The number of thiocarbonyl (C=S) groups is 1. The maximum Gasteiger partial charge on any atom is 0.104 e. The van der Waals surface area contributed by atoms with Crippen molar-refractivity contribution in [3.63, 3.8) is 0 Å². The molecule has 0 aliphatic heterocycles. The van der Waals surface area contributed by atoms with Crippen LogP contribution in [-0.4, -0.2) is 10.5 Å². The highest BCUT2D eigenvalue weighted by molar-refractivity contribution is 7.80. The Morgan fingerprint density at radius 1 is 1.00 bits per heavy atom. The molecule has 0 unspecified atom stereocenters. The fourth-order valence-electron chi connectivity index (χ4n) is 2.92. The van der Waals surface area contributed by atoms with Crippen LogP contribution < -0.4 is 11.1 Å². The molecule has 0 saturated carbocycles. The van der Waals surface area contributed by atoms with Crippen LogP contribution in [0.4, 0.5) is 5.69 Å². The molecule has 0 saturated heterocycles. The van der Waals surface area contributed by atoms with E-state index in [1.165, 1.54) is 5.39 Å². The highest BCUT2D eigenvalue weighted by Gasteiger charge is 2.24. The number of fused-ring (bicyclic) bond motifs is 1. The summed E-state index contributed by atoms with van der Waals surface area (Å²) >= 11 is 5.17. The van der Waals surface area contributed by atoms with E-state index < -0.39 is 0 Å². The van der Waals surface area contributed by atoms with E-state index in [0.717, 1.165) is 35.9 Å². The zero-order valence-corrected chi connectivity index (χ0v) is 13.9. The average molecular weight is 300 g/mol. The minimum Gasteiger partial charge on any atom is -0.389 e. The van der Waals surface area contributed by atoms with Gasteiger partial charge in [0.05, 0.1) is 0 Å². The smallest absolute Gasteiger partial charge is 0.104 e. The monoisotopic (exact) mass is 300 g/mol. The van der Waals surface area contributed by atoms with Gasteiger partial charge in [0.15, 0.2) is 0 Å². The van der Waals surface area contributed by atoms with Crippen LogP contribution in [0.25, 0.3) is 10.8 Å². The van der Waals surface area contributed by atoms with E-state index in [1.54, 1.807) is 0 Å². The first-order valence-electron chi connectivity index (χ1n) is 7.66. The summed E-state index contributed by atoms with van der Waals surface area (Å²) in [5.74, 6) is 0. The Hall–Kier alpha value is -1.61. The van der Waals surface area contributed by atoms with Gasteiger partial charge in [0.2, 0.25) is 0 Å². The number of rotatable bonds is 6. The van der Waals surface area contributed by atoms with Gasteiger partial charge in [-0.15, -0.1) is 0 Å². The highest BCUT2D eigenvalue weighted by Crippen LogP contribution is 2.32. The molecule has 0 bridgehead atoms. The lowest BCUT2D eigenvalue weighted by Crippen LogP contribution is -2.36. The van der Waals surface area contributed by atoms with Crippen molar-refractivity contribution in [3.05, 3.63) is 42.0 Å². The summed E-state index contributed by atoms with van der Waals surface area (Å²) in [6.07, 6.45) is 3.31. The van der Waals surface area contributed by atoms with Gasteiger partial charge >= 0.3 is 0 Å². The third-order valence-electron chi connectivity index (χ3n) is 4.62. The molecule has 0 aliphatic rings. The molecule has 3 N–H and O–H groups in total. The maximum atomic E-state index is 5.85. The summed E-state index contributed by atoms with van der Waals surface area (Å²) in [5, 5.41) is 6.07. The third kappa shape index (κ3) is 3.03. The Kier molecular flexibility index (Phi) is 4.84. The highest BCUT2D eigenvalue weighted by atomic mass is 32.1. The minimum absolute atomic E-state index is 0.146. The molecule has 0 spiro atoms. The second kappa shape index (κ2) is 6.44. The summed E-state index contributed by atoms with van der Waals surface area (Å²) in [6.45, 7) is 6.72. The van der Waals surface area contributed by atoms with Crippen LogP contribution in [-0.2, 0) is 0 Å². The zero-order chi connectivity index (χ0) is 15.5. The van der Waals surface area contributed by atoms with Gasteiger partial charge < -0.3 is 11.1 Å². The molecule has 0 amide bonds. The summed E-state index contributed by atoms with van der Waals surface area (Å²) in [5.41, 5.74) is 8.10. The van der Waals surface area contributed by atoms with Crippen LogP contribution in [0.5, 0.6) is 0 Å². The standard InChI is InChI=1S/C18H24N2S/c1-4-18(5-2,6-3)20-16-12-11-15(17(19)21)13-9-7-8-10-14(13)16/h7-12,20H,4-6H2,1-3H3,(H2,19,21). The molecule has 0 atom stereocenters. The van der Waals surface area contributed by atoms with E-state index in [9.17, 15) is 0 Å². The lowest BCUT2D eigenvalue weighted by molar-refractivity contribution is 0.421. The van der Waals surface area contributed by atoms with Gasteiger partial charge in [-0.05, 0) is 36.8 Å². The quantitative estimate of drug-likeness (QED) is 0.749. The van der Waals surface area contributed by atoms with Gasteiger partial charge in [0.1, 0.15) is 4.99 Å². The molecular weight excluding hydrogens is 276 g/mol. The molecule has 0 fully saturated rings. The Morgan fingerprint density at radius 2 is 1.57 bits per heavy atom. The van der Waals surface area contributed by atoms with Crippen LogP contribution >= 0.6 is 12.2 Å². The van der Waals surface area contributed by atoms with Crippen LogP contribution in [0.1, 0.15) is 45.6 Å². The maximum absolute atomic E-state index is 5.85. The van der Waals surface area contributed by atoms with E-state index in [4.69, 9.17) is 18.0 Å². The largest absolute Gasteiger partial charge is 0.389 e. The molecular formula is C18H24N2S. The first-order chi connectivity index (χ1) is 10.1. The lowest BCUT2D eigenvalue weighted by atomic mass is 9.89. The van der Waals surface area contributed by atoms with Crippen LogP contribution in [0.3, 0.4) is 0 Å². The van der Waals surface area contributed by atoms with E-state index in [2.05, 4.69) is 50.4 Å². The first kappa shape index (κ1) is 15.8. The summed E-state index contributed by atoms with van der Waals surface area (Å²) in [6, 6.07) is 12.4. The summed E-state index contributed by atoms with van der Waals surface area (Å²) in [7, 11) is 0. The Balaban J connectivity index is 2.56. The summed E-state index contributed by atoms with van der Waals surface area (Å²) < 4.78 is 0. The van der Waals surface area contributed by atoms with Crippen molar-refractivity contribution in [1.29, 1.82) is 0 Å². The van der Waals surface area contributed by atoms with Crippen molar-refractivity contribution < 1.29 is 0 Å². The molecule has 0 heterocycles. The Bertz CT molecular complexity index is 636. The van der Waals surface area contributed by atoms with Crippen molar-refractivity contribution >= 4 is 33.7 Å². The molecule has 2 aromatic rings. The molecule has 2 rings (SSSR count). The van der Waals surface area contributed by atoms with Gasteiger partial charge in [-0.1, -0.05) is 57.3 Å². The van der Waals surface area contributed by atoms with Crippen LogP contribution in [0.2, 0.25) is 0 Å². The van der Waals surface area contributed by atoms with E-state index in [0.29, 0.717) is 4.99 Å². The number of hydrogen-bond acceptors (Lipinski definition) is 2. The van der Waals surface area contributed by atoms with Crippen molar-refractivity contribution in [2.45, 2.75) is 45.6 Å². The molecule has 0 aromatic heterocycles. The fraction of sp³-hybridized carbons (Fsp3) is 0.389. The van der Waals surface area contributed by atoms with E-state index in [1.807, 2.05) is 12.1 Å². The van der Waals surface area contributed by atoms with Crippen LogP contribution in [0.15, 0.2) is 36.4 Å². The average Bonchev–Trinajstić information content (AvgIpc) is 2.52. The van der Waals surface area contributed by atoms with E-state index >= 15 is 0 Å². The predicted molar refractivity (Wildman–Crippen MR) is 97.1 cm³/mol. The van der Waals surface area contributed by atoms with Gasteiger partial charge in [0.25, 0.3) is 0 Å². The number of anilines is 1. The van der Waals surface area contributed by atoms with Crippen LogP contribution in [0, 0.1) is 0 Å². The number of benzene rings is 2. The molecule has 0 aliphatic carbocycles. The Morgan fingerprint density at radius 3 is 2.10 bits per heavy atom. The zero-order valence-electron chi connectivity index (χ0n) is 13.1. The van der Waals surface area contributed by atoms with Gasteiger partial charge in [-0.25, -0.2) is 0 Å². The van der Waals surface area contributed by atoms with Crippen molar-refractivity contribution in [2.24, 2.45) is 5.73 Å². The molecule has 2 aromatic carbocycles. The second-order valence-electron chi connectivity index (χ2n) is 5.54. The van der Waals surface area contributed by atoms with Gasteiger partial charge in [-0.2, -0.15) is 0 Å². The SMILES string of the molecule is CCC(CC)(CC)Nc1ccc(C(N)=S)c2ccccc12. The molecule has 0 radical (unpaired) electrons. The first-order valence-corrected chi connectivity index (χ1v) is 8.07. The van der Waals surface area contributed by atoms with E-state index in [-0.39, 0.29) is 5.54 Å². The number of nitrogens with one attached hydrogen (secondary N) is 1. The third-order valence-corrected chi connectivity index (χ3v) is 4.84. The normalized spacial score (nSPS) is 11.6. The number of hydrogen-bond donors (Lipinski definition) is 2. The lowest BCUT2D eigenvalue weighted by Gasteiger charge is -2.33. The van der Waals surface area contributed by atoms with Gasteiger partial charge in [-0.3, -0.25) is 0 Å². The van der Waals surface area contributed by atoms with Crippen molar-refractivity contribution in [2.75, 3.05) is 5.32 Å². The number of nitrogens with two attached hydrogens (primary N) is 1. The Labute approximate surface area is 132 Å². The topological polar surface area (TPSA) is 38.0 Å². The van der Waals surface area contributed by atoms with Crippen molar-refractivity contribution in [1.82, 2.24) is 0 Å². The fourth-order valence-corrected chi connectivity index (χ4v) is 3.10. The molecule has 3 heteroatoms. The summed E-state index contributed by atoms with van der Waals surface area (Å²) in [4.78, 5) is 0.450. The second-order valence-corrected chi connectivity index (χ2v) is 5.98. The molecule has 21 heavy (non-hydrogen) atoms.